The molecule has 2 heterocycles. The molecule has 4 heteroatoms. The van der Waals surface area contributed by atoms with Crippen LogP contribution in [0.2, 0.25) is 0 Å². The highest BCUT2D eigenvalue weighted by atomic mass is 32.1. The van der Waals surface area contributed by atoms with Gasteiger partial charge in [-0.15, -0.1) is 11.3 Å². The molecule has 1 aromatic rings. The molecule has 1 aliphatic rings. The summed E-state index contributed by atoms with van der Waals surface area (Å²) in [6.45, 7) is 2.15. The standard InChI is InChI=1S/C13H15NO2S/c1-2-3-4-7-12-11(13(15)16-14-12)9-10-6-5-8-17-10/h5-6,8-9H,2-4,7H2,1H3. The molecule has 1 aliphatic heterocycles. The molecule has 0 aliphatic carbocycles. The van der Waals surface area contributed by atoms with Crippen molar-refractivity contribution in [1.29, 1.82) is 0 Å². The number of unbranched alkanes of at least 4 members (excludes halogenated alkanes) is 2. The third kappa shape index (κ3) is 3.03. The Morgan fingerprint density at radius 1 is 1.47 bits per heavy atom. The summed E-state index contributed by atoms with van der Waals surface area (Å²) in [7, 11) is 0. The molecule has 0 atom stereocenters. The van der Waals surface area contributed by atoms with Gasteiger partial charge >= 0.3 is 5.97 Å². The first kappa shape index (κ1) is 12.0. The van der Waals surface area contributed by atoms with E-state index in [-0.39, 0.29) is 5.97 Å². The third-order valence-electron chi connectivity index (χ3n) is 2.62. The number of hydrogen-bond acceptors (Lipinski definition) is 4. The molecular formula is C13H15NO2S. The predicted octanol–water partition coefficient (Wildman–Crippen LogP) is 3.62. The molecule has 17 heavy (non-hydrogen) atoms. The summed E-state index contributed by atoms with van der Waals surface area (Å²) in [5, 5.41) is 5.84. The first-order valence-electron chi connectivity index (χ1n) is 5.85. The molecule has 0 radical (unpaired) electrons. The molecule has 1 aromatic heterocycles. The smallest absolute Gasteiger partial charge is 0.312 e. The zero-order valence-electron chi connectivity index (χ0n) is 9.81. The molecule has 0 unspecified atom stereocenters. The Balaban J connectivity index is 2.08. The first-order chi connectivity index (χ1) is 8.31. The number of carbonyl (C=O) groups excluding carboxylic acids is 1. The highest BCUT2D eigenvalue weighted by Gasteiger charge is 2.24. The van der Waals surface area contributed by atoms with Gasteiger partial charge in [-0.3, -0.25) is 0 Å². The van der Waals surface area contributed by atoms with Gasteiger partial charge in [-0.25, -0.2) is 4.79 Å². The highest BCUT2D eigenvalue weighted by Crippen LogP contribution is 2.21. The van der Waals surface area contributed by atoms with Crippen LogP contribution < -0.4 is 0 Å². The Hall–Kier alpha value is -1.42. The lowest BCUT2D eigenvalue weighted by Gasteiger charge is -1.98. The number of nitrogens with zero attached hydrogens (tertiary/aromatic N) is 1. The minimum atomic E-state index is -0.329. The zero-order chi connectivity index (χ0) is 12.1. The number of hydrogen-bond donors (Lipinski definition) is 0. The maximum absolute atomic E-state index is 11.5. The monoisotopic (exact) mass is 249 g/mol. The van der Waals surface area contributed by atoms with E-state index in [2.05, 4.69) is 12.1 Å². The van der Waals surface area contributed by atoms with Gasteiger partial charge < -0.3 is 4.84 Å². The van der Waals surface area contributed by atoms with Crippen molar-refractivity contribution in [1.82, 2.24) is 0 Å². The van der Waals surface area contributed by atoms with Crippen molar-refractivity contribution in [2.45, 2.75) is 32.6 Å². The third-order valence-corrected chi connectivity index (χ3v) is 3.44. The average molecular weight is 249 g/mol. The van der Waals surface area contributed by atoms with Crippen molar-refractivity contribution in [3.8, 4) is 0 Å². The summed E-state index contributed by atoms with van der Waals surface area (Å²) in [6, 6.07) is 3.94. The topological polar surface area (TPSA) is 38.7 Å². The molecule has 90 valence electrons. The molecule has 2 rings (SSSR count). The number of rotatable bonds is 5. The van der Waals surface area contributed by atoms with E-state index in [9.17, 15) is 4.79 Å². The lowest BCUT2D eigenvalue weighted by Crippen LogP contribution is -2.05. The number of carbonyl (C=O) groups is 1. The second kappa shape index (κ2) is 5.77. The van der Waals surface area contributed by atoms with Crippen LogP contribution in [-0.2, 0) is 9.63 Å². The van der Waals surface area contributed by atoms with E-state index in [1.165, 1.54) is 0 Å². The number of thiophene rings is 1. The van der Waals surface area contributed by atoms with Gasteiger partial charge in [0.1, 0.15) is 0 Å². The molecule has 0 fully saturated rings. The van der Waals surface area contributed by atoms with Crippen molar-refractivity contribution in [2.24, 2.45) is 5.16 Å². The molecule has 0 aromatic carbocycles. The van der Waals surface area contributed by atoms with E-state index in [0.717, 1.165) is 36.3 Å². The van der Waals surface area contributed by atoms with Crippen LogP contribution in [0.1, 0.15) is 37.5 Å². The fourth-order valence-electron chi connectivity index (χ4n) is 1.69. The van der Waals surface area contributed by atoms with E-state index in [0.29, 0.717) is 5.57 Å². The highest BCUT2D eigenvalue weighted by molar-refractivity contribution is 7.10. The summed E-state index contributed by atoms with van der Waals surface area (Å²) in [6.07, 6.45) is 6.04. The number of oxime groups is 1. The molecule has 3 nitrogen and oxygen atoms in total. The van der Waals surface area contributed by atoms with Crippen molar-refractivity contribution in [2.75, 3.05) is 0 Å². The first-order valence-corrected chi connectivity index (χ1v) is 6.73. The van der Waals surface area contributed by atoms with Crippen LogP contribution in [0.4, 0.5) is 0 Å². The van der Waals surface area contributed by atoms with Crippen LogP contribution in [0.5, 0.6) is 0 Å². The predicted molar refractivity (Wildman–Crippen MR) is 70.0 cm³/mol. The Morgan fingerprint density at radius 3 is 3.06 bits per heavy atom. The van der Waals surface area contributed by atoms with Crippen LogP contribution in [0.3, 0.4) is 0 Å². The lowest BCUT2D eigenvalue weighted by atomic mass is 10.0. The molecule has 0 spiro atoms. The summed E-state index contributed by atoms with van der Waals surface area (Å²) in [5.74, 6) is -0.329. The minimum Gasteiger partial charge on any atom is -0.312 e. The van der Waals surface area contributed by atoms with Gasteiger partial charge in [0, 0.05) is 4.88 Å². The van der Waals surface area contributed by atoms with Crippen LogP contribution >= 0.6 is 11.3 Å². The van der Waals surface area contributed by atoms with Gasteiger partial charge in [0.25, 0.3) is 0 Å². The Morgan fingerprint density at radius 2 is 2.35 bits per heavy atom. The van der Waals surface area contributed by atoms with Crippen LogP contribution in [-0.4, -0.2) is 11.7 Å². The zero-order valence-corrected chi connectivity index (χ0v) is 10.6. The minimum absolute atomic E-state index is 0.329. The van der Waals surface area contributed by atoms with Crippen molar-refractivity contribution < 1.29 is 9.63 Å². The SMILES string of the molecule is CCCCCC1=NOC(=O)C1=Cc1cccs1. The van der Waals surface area contributed by atoms with Crippen molar-refractivity contribution >= 4 is 29.1 Å². The van der Waals surface area contributed by atoms with E-state index in [1.54, 1.807) is 11.3 Å². The van der Waals surface area contributed by atoms with Crippen LogP contribution in [0, 0.1) is 0 Å². The van der Waals surface area contributed by atoms with E-state index in [4.69, 9.17) is 4.84 Å². The molecular weight excluding hydrogens is 234 g/mol. The van der Waals surface area contributed by atoms with Crippen molar-refractivity contribution in [3.63, 3.8) is 0 Å². The van der Waals surface area contributed by atoms with Gasteiger partial charge in [0.05, 0.1) is 11.3 Å². The maximum atomic E-state index is 11.5. The normalized spacial score (nSPS) is 17.4. The van der Waals surface area contributed by atoms with Gasteiger partial charge in [-0.2, -0.15) is 0 Å². The molecule has 0 amide bonds. The fraction of sp³-hybridized carbons (Fsp3) is 0.385. The Labute approximate surface area is 105 Å². The average Bonchev–Trinajstić information content (AvgIpc) is 2.94. The maximum Gasteiger partial charge on any atom is 0.367 e. The summed E-state index contributed by atoms with van der Waals surface area (Å²) in [4.78, 5) is 17.3. The second-order valence-electron chi connectivity index (χ2n) is 3.95. The quantitative estimate of drug-likeness (QED) is 0.454. The van der Waals surface area contributed by atoms with Crippen molar-refractivity contribution in [3.05, 3.63) is 28.0 Å². The van der Waals surface area contributed by atoms with Gasteiger partial charge in [-0.1, -0.05) is 31.0 Å². The lowest BCUT2D eigenvalue weighted by molar-refractivity contribution is -0.136. The summed E-state index contributed by atoms with van der Waals surface area (Å²) < 4.78 is 0. The second-order valence-corrected chi connectivity index (χ2v) is 4.93. The Bertz CT molecular complexity index is 446. The van der Waals surface area contributed by atoms with E-state index >= 15 is 0 Å². The van der Waals surface area contributed by atoms with Gasteiger partial charge in [0.2, 0.25) is 0 Å². The van der Waals surface area contributed by atoms with Gasteiger partial charge in [-0.05, 0) is 30.4 Å². The summed E-state index contributed by atoms with van der Waals surface area (Å²) in [5.41, 5.74) is 1.40. The van der Waals surface area contributed by atoms with Gasteiger partial charge in [0.15, 0.2) is 0 Å². The molecule has 0 bridgehead atoms. The fourth-order valence-corrected chi connectivity index (χ4v) is 2.35. The van der Waals surface area contributed by atoms with E-state index in [1.807, 2.05) is 23.6 Å². The van der Waals surface area contributed by atoms with Crippen LogP contribution in [0.15, 0.2) is 28.2 Å². The Kier molecular flexibility index (Phi) is 4.09. The largest absolute Gasteiger partial charge is 0.367 e. The molecule has 0 saturated heterocycles. The molecule has 0 N–H and O–H groups in total. The van der Waals surface area contributed by atoms with Crippen LogP contribution in [0.25, 0.3) is 6.08 Å². The molecule has 0 saturated carbocycles. The van der Waals surface area contributed by atoms with E-state index < -0.39 is 0 Å². The summed E-state index contributed by atoms with van der Waals surface area (Å²) >= 11 is 1.60.